The van der Waals surface area contributed by atoms with Gasteiger partial charge in [-0.05, 0) is 43.0 Å². The summed E-state index contributed by atoms with van der Waals surface area (Å²) in [6.45, 7) is 3.29. The van der Waals surface area contributed by atoms with Crippen LogP contribution in [-0.4, -0.2) is 47.9 Å². The first-order valence-electron chi connectivity index (χ1n) is 12.0. The number of hydrogen-bond acceptors (Lipinski definition) is 5. The second kappa shape index (κ2) is 11.6. The Morgan fingerprint density at radius 3 is 2.57 bits per heavy atom. The van der Waals surface area contributed by atoms with E-state index in [1.54, 1.807) is 30.3 Å². The molecule has 2 aromatic carbocycles. The Balaban J connectivity index is 1.36. The summed E-state index contributed by atoms with van der Waals surface area (Å²) in [5.41, 5.74) is 3.35. The van der Waals surface area contributed by atoms with Gasteiger partial charge in [-0.1, -0.05) is 60.2 Å². The molecular formula is C28H32N4O3. The molecule has 7 heteroatoms. The molecule has 0 aliphatic carbocycles. The molecule has 0 bridgehead atoms. The monoisotopic (exact) mass is 472 g/mol. The predicted octanol–water partition coefficient (Wildman–Crippen LogP) is 3.90. The van der Waals surface area contributed by atoms with Crippen LogP contribution in [0.25, 0.3) is 0 Å². The maximum Gasteiger partial charge on any atom is 0.247 e. The summed E-state index contributed by atoms with van der Waals surface area (Å²) in [7, 11) is 1.78. The van der Waals surface area contributed by atoms with E-state index >= 15 is 0 Å². The van der Waals surface area contributed by atoms with Crippen LogP contribution in [0.1, 0.15) is 35.6 Å². The van der Waals surface area contributed by atoms with Gasteiger partial charge in [-0.15, -0.1) is 0 Å². The van der Waals surface area contributed by atoms with E-state index in [0.29, 0.717) is 37.5 Å². The van der Waals surface area contributed by atoms with E-state index in [1.165, 1.54) is 11.1 Å². The zero-order valence-corrected chi connectivity index (χ0v) is 20.2. The molecule has 0 radical (unpaired) electrons. The number of carbonyl (C=O) groups is 2. The lowest BCUT2D eigenvalue weighted by atomic mass is 10.1. The molecule has 4 rings (SSSR count). The number of piperidine rings is 1. The van der Waals surface area contributed by atoms with E-state index in [-0.39, 0.29) is 17.9 Å². The van der Waals surface area contributed by atoms with Crippen molar-refractivity contribution in [3.8, 4) is 5.75 Å². The van der Waals surface area contributed by atoms with Crippen molar-refractivity contribution in [3.05, 3.63) is 89.6 Å². The van der Waals surface area contributed by atoms with Gasteiger partial charge >= 0.3 is 0 Å². The highest BCUT2D eigenvalue weighted by atomic mass is 16.5. The van der Waals surface area contributed by atoms with Gasteiger partial charge in [0.25, 0.3) is 0 Å². The van der Waals surface area contributed by atoms with Crippen molar-refractivity contribution in [2.24, 2.45) is 0 Å². The average molecular weight is 473 g/mol. The minimum Gasteiger partial charge on any atom is -0.487 e. The highest BCUT2D eigenvalue weighted by Crippen LogP contribution is 2.20. The Morgan fingerprint density at radius 2 is 1.89 bits per heavy atom. The van der Waals surface area contributed by atoms with Crippen molar-refractivity contribution >= 4 is 17.6 Å². The second-order valence-electron chi connectivity index (χ2n) is 8.95. The number of likely N-dealkylation sites (tertiary alicyclic amines) is 1. The van der Waals surface area contributed by atoms with Crippen LogP contribution in [0.15, 0.2) is 72.9 Å². The number of nitrogens with one attached hydrogen (secondary N) is 2. The third-order valence-corrected chi connectivity index (χ3v) is 6.15. The predicted molar refractivity (Wildman–Crippen MR) is 136 cm³/mol. The van der Waals surface area contributed by atoms with Crippen LogP contribution in [0.4, 0.5) is 5.82 Å². The maximum atomic E-state index is 13.2. The molecular weight excluding hydrogens is 440 g/mol. The quantitative estimate of drug-likeness (QED) is 0.494. The number of aryl methyl sites for hydroxylation is 1. The topological polar surface area (TPSA) is 83.6 Å². The first kappa shape index (κ1) is 24.4. The van der Waals surface area contributed by atoms with Crippen LogP contribution < -0.4 is 15.4 Å². The summed E-state index contributed by atoms with van der Waals surface area (Å²) in [6.07, 6.45) is 3.55. The number of pyridine rings is 1. The standard InChI is InChI=1S/C28H32N4O3/c1-20-8-10-21(11-9-20)16-17-29-27(22-6-4-3-5-7-22)28(34)31-25-14-12-23(18-30-25)35-24-13-15-26(33)32(2)19-24/h3-12,14,18,24,27,29H,13,15-17,19H2,1-2H3,(H,30,31,34)/t24-,27+/m1/s1. The molecule has 0 spiro atoms. The molecule has 1 aliphatic heterocycles. The van der Waals surface area contributed by atoms with E-state index in [2.05, 4.69) is 46.8 Å². The van der Waals surface area contributed by atoms with Crippen LogP contribution in [0, 0.1) is 6.92 Å². The number of carbonyl (C=O) groups excluding carboxylic acids is 2. The van der Waals surface area contributed by atoms with E-state index in [4.69, 9.17) is 4.74 Å². The van der Waals surface area contributed by atoms with Crippen LogP contribution in [-0.2, 0) is 16.0 Å². The molecule has 35 heavy (non-hydrogen) atoms. The van der Waals surface area contributed by atoms with Crippen molar-refractivity contribution in [3.63, 3.8) is 0 Å². The van der Waals surface area contributed by atoms with Crippen molar-refractivity contribution in [1.29, 1.82) is 0 Å². The van der Waals surface area contributed by atoms with Crippen LogP contribution in [0.2, 0.25) is 0 Å². The van der Waals surface area contributed by atoms with Gasteiger partial charge in [-0.3, -0.25) is 9.59 Å². The number of aromatic nitrogens is 1. The summed E-state index contributed by atoms with van der Waals surface area (Å²) >= 11 is 0. The van der Waals surface area contributed by atoms with Gasteiger partial charge in [-0.2, -0.15) is 0 Å². The Morgan fingerprint density at radius 1 is 1.11 bits per heavy atom. The number of ether oxygens (including phenoxy) is 1. The molecule has 3 aromatic rings. The highest BCUT2D eigenvalue weighted by molar-refractivity contribution is 5.94. The van der Waals surface area contributed by atoms with Crippen molar-refractivity contribution in [1.82, 2.24) is 15.2 Å². The SMILES string of the molecule is Cc1ccc(CCN[C@H](C(=O)Nc2ccc(O[C@@H]3CCC(=O)N(C)C3)cn2)c2ccccc2)cc1. The minimum atomic E-state index is -0.505. The average Bonchev–Trinajstić information content (AvgIpc) is 2.87. The number of rotatable bonds is 9. The van der Waals surface area contributed by atoms with Gasteiger partial charge < -0.3 is 20.3 Å². The Kier molecular flexibility index (Phi) is 8.11. The minimum absolute atomic E-state index is 0.0554. The number of nitrogens with zero attached hydrogens (tertiary/aromatic N) is 2. The Labute approximate surface area is 206 Å². The van der Waals surface area contributed by atoms with Crippen molar-refractivity contribution in [2.75, 3.05) is 25.5 Å². The molecule has 1 fully saturated rings. The molecule has 1 aromatic heterocycles. The largest absolute Gasteiger partial charge is 0.487 e. The lowest BCUT2D eigenvalue weighted by Gasteiger charge is -2.29. The van der Waals surface area contributed by atoms with Gasteiger partial charge in [0.15, 0.2) is 0 Å². The summed E-state index contributed by atoms with van der Waals surface area (Å²) in [5.74, 6) is 1.04. The fraction of sp³-hybridized carbons (Fsp3) is 0.321. The third kappa shape index (κ3) is 6.90. The molecule has 1 aliphatic rings. The summed E-state index contributed by atoms with van der Waals surface area (Å²) in [5, 5.41) is 6.32. The first-order chi connectivity index (χ1) is 17.0. The van der Waals surface area contributed by atoms with E-state index in [9.17, 15) is 9.59 Å². The molecule has 2 N–H and O–H groups in total. The van der Waals surface area contributed by atoms with Crippen molar-refractivity contribution < 1.29 is 14.3 Å². The normalized spacial score (nSPS) is 16.6. The second-order valence-corrected chi connectivity index (χ2v) is 8.95. The highest BCUT2D eigenvalue weighted by Gasteiger charge is 2.24. The first-order valence-corrected chi connectivity index (χ1v) is 12.0. The van der Waals surface area contributed by atoms with E-state index < -0.39 is 6.04 Å². The van der Waals surface area contributed by atoms with E-state index in [0.717, 1.165) is 12.0 Å². The zero-order chi connectivity index (χ0) is 24.6. The maximum absolute atomic E-state index is 13.2. The molecule has 0 saturated carbocycles. The summed E-state index contributed by atoms with van der Waals surface area (Å²) in [6, 6.07) is 21.1. The van der Waals surface area contributed by atoms with Crippen LogP contribution >= 0.6 is 0 Å². The molecule has 2 amide bonds. The Hall–Kier alpha value is -3.71. The number of benzene rings is 2. The smallest absolute Gasteiger partial charge is 0.247 e. The molecule has 2 atom stereocenters. The number of amides is 2. The van der Waals surface area contributed by atoms with Gasteiger partial charge in [0, 0.05) is 20.0 Å². The third-order valence-electron chi connectivity index (χ3n) is 6.15. The van der Waals surface area contributed by atoms with E-state index in [1.807, 2.05) is 30.3 Å². The molecule has 182 valence electrons. The van der Waals surface area contributed by atoms with Gasteiger partial charge in [0.1, 0.15) is 23.7 Å². The van der Waals surface area contributed by atoms with Crippen LogP contribution in [0.3, 0.4) is 0 Å². The zero-order valence-electron chi connectivity index (χ0n) is 20.2. The lowest BCUT2D eigenvalue weighted by Crippen LogP contribution is -2.42. The summed E-state index contributed by atoms with van der Waals surface area (Å²) in [4.78, 5) is 30.9. The fourth-order valence-corrected chi connectivity index (χ4v) is 4.11. The van der Waals surface area contributed by atoms with Gasteiger partial charge in [-0.25, -0.2) is 4.98 Å². The fourth-order valence-electron chi connectivity index (χ4n) is 4.11. The summed E-state index contributed by atoms with van der Waals surface area (Å²) < 4.78 is 5.97. The molecule has 7 nitrogen and oxygen atoms in total. The molecule has 1 saturated heterocycles. The van der Waals surface area contributed by atoms with Gasteiger partial charge in [0.05, 0.1) is 12.7 Å². The molecule has 2 heterocycles. The lowest BCUT2D eigenvalue weighted by molar-refractivity contribution is -0.134. The Bertz CT molecular complexity index is 1120. The van der Waals surface area contributed by atoms with Crippen LogP contribution in [0.5, 0.6) is 5.75 Å². The number of anilines is 1. The van der Waals surface area contributed by atoms with Gasteiger partial charge in [0.2, 0.25) is 11.8 Å². The molecule has 0 unspecified atom stereocenters. The van der Waals surface area contributed by atoms with Crippen molar-refractivity contribution in [2.45, 2.75) is 38.3 Å². The number of likely N-dealkylation sites (N-methyl/N-ethyl adjacent to an activating group) is 1. The number of hydrogen-bond donors (Lipinski definition) is 2.